The summed E-state index contributed by atoms with van der Waals surface area (Å²) in [6.45, 7) is 0. The van der Waals surface area contributed by atoms with Gasteiger partial charge in [-0.25, -0.2) is 4.98 Å². The third-order valence-corrected chi connectivity index (χ3v) is 4.10. The lowest BCUT2D eigenvalue weighted by Gasteiger charge is -2.08. The molecule has 6 nitrogen and oxygen atoms in total. The van der Waals surface area contributed by atoms with Crippen LogP contribution in [0.25, 0.3) is 22.7 Å². The highest BCUT2D eigenvalue weighted by molar-refractivity contribution is 5.82. The maximum absolute atomic E-state index is 5.83. The largest absolute Gasteiger partial charge is 0.455 e. The Balaban J connectivity index is 1.46. The topological polar surface area (TPSA) is 72.5 Å². The molecule has 1 saturated heterocycles. The number of fused-ring (bicyclic) bond motifs is 2. The van der Waals surface area contributed by atoms with E-state index in [1.54, 1.807) is 6.20 Å². The van der Waals surface area contributed by atoms with Crippen molar-refractivity contribution in [3.63, 3.8) is 0 Å². The normalized spacial score (nSPS) is 20.2. The van der Waals surface area contributed by atoms with Gasteiger partial charge in [-0.15, -0.1) is 0 Å². The molecular formula is C19H14N4O2. The van der Waals surface area contributed by atoms with Gasteiger partial charge >= 0.3 is 0 Å². The average Bonchev–Trinajstić information content (AvgIpc) is 3.25. The zero-order valence-corrected chi connectivity index (χ0v) is 13.2. The van der Waals surface area contributed by atoms with Crippen LogP contribution in [0.4, 0.5) is 5.69 Å². The van der Waals surface area contributed by atoms with Gasteiger partial charge in [0.05, 0.1) is 11.4 Å². The summed E-state index contributed by atoms with van der Waals surface area (Å²) in [5.74, 6) is 0.525. The second kappa shape index (κ2) is 5.59. The van der Waals surface area contributed by atoms with Crippen LogP contribution < -0.4 is 5.32 Å². The molecule has 2 aliphatic rings. The maximum Gasteiger partial charge on any atom is 0.295 e. The third kappa shape index (κ3) is 2.57. The van der Waals surface area contributed by atoms with Gasteiger partial charge in [-0.2, -0.15) is 9.98 Å². The zero-order valence-electron chi connectivity index (χ0n) is 13.2. The number of hydrogen-bond acceptors (Lipinski definition) is 5. The molecule has 25 heavy (non-hydrogen) atoms. The molecule has 0 amide bonds. The van der Waals surface area contributed by atoms with Gasteiger partial charge in [0.2, 0.25) is 5.89 Å². The highest BCUT2D eigenvalue weighted by atomic mass is 16.5. The summed E-state index contributed by atoms with van der Waals surface area (Å²) in [4.78, 5) is 13.2. The highest BCUT2D eigenvalue weighted by Crippen LogP contribution is 2.27. The highest BCUT2D eigenvalue weighted by Gasteiger charge is 2.27. The Labute approximate surface area is 143 Å². The number of amidine groups is 1. The Morgan fingerprint density at radius 3 is 3.12 bits per heavy atom. The number of pyridine rings is 1. The molecular weight excluding hydrogens is 316 g/mol. The zero-order chi connectivity index (χ0) is 16.6. The Morgan fingerprint density at radius 1 is 1.20 bits per heavy atom. The first-order chi connectivity index (χ1) is 12.3. The third-order valence-electron chi connectivity index (χ3n) is 4.10. The van der Waals surface area contributed by atoms with E-state index in [9.17, 15) is 0 Å². The SMILES string of the molecule is C1=CCC2OC(=Nc3cccc(-c4nc5ncccc5o4)c3)NC2=C1. The minimum atomic E-state index is 0.0371. The summed E-state index contributed by atoms with van der Waals surface area (Å²) >= 11 is 0. The van der Waals surface area contributed by atoms with Crippen molar-refractivity contribution in [2.24, 2.45) is 4.99 Å². The van der Waals surface area contributed by atoms with Gasteiger partial charge in [0, 0.05) is 18.2 Å². The van der Waals surface area contributed by atoms with E-state index in [0.29, 0.717) is 23.1 Å². The second-order valence-corrected chi connectivity index (χ2v) is 5.83. The van der Waals surface area contributed by atoms with Crippen LogP contribution in [0.1, 0.15) is 6.42 Å². The van der Waals surface area contributed by atoms with Crippen LogP contribution in [-0.4, -0.2) is 22.1 Å². The number of rotatable bonds is 2. The van der Waals surface area contributed by atoms with Crippen molar-refractivity contribution >= 4 is 22.9 Å². The molecule has 0 radical (unpaired) electrons. The van der Waals surface area contributed by atoms with E-state index in [0.717, 1.165) is 23.4 Å². The first kappa shape index (κ1) is 14.0. The molecule has 1 unspecified atom stereocenters. The molecule has 2 aromatic heterocycles. The molecule has 3 heterocycles. The summed E-state index contributed by atoms with van der Waals surface area (Å²) in [5.41, 5.74) is 3.91. The lowest BCUT2D eigenvalue weighted by molar-refractivity contribution is 0.251. The predicted molar refractivity (Wildman–Crippen MR) is 94.2 cm³/mol. The minimum absolute atomic E-state index is 0.0371. The van der Waals surface area contributed by atoms with Crippen molar-refractivity contribution < 1.29 is 9.15 Å². The van der Waals surface area contributed by atoms with Gasteiger partial charge in [0.15, 0.2) is 11.2 Å². The Kier molecular flexibility index (Phi) is 3.13. The molecule has 1 aliphatic carbocycles. The minimum Gasteiger partial charge on any atom is -0.455 e. The number of oxazole rings is 1. The van der Waals surface area contributed by atoms with Gasteiger partial charge in [-0.05, 0) is 36.4 Å². The molecule has 122 valence electrons. The first-order valence-electron chi connectivity index (χ1n) is 8.06. The molecule has 1 N–H and O–H groups in total. The number of aromatic nitrogens is 2. The number of aliphatic imine (C=N–C) groups is 1. The fourth-order valence-corrected chi connectivity index (χ4v) is 2.90. The van der Waals surface area contributed by atoms with E-state index in [2.05, 4.69) is 26.4 Å². The molecule has 1 atom stereocenters. The smallest absolute Gasteiger partial charge is 0.295 e. The summed E-state index contributed by atoms with van der Waals surface area (Å²) < 4.78 is 11.6. The fraction of sp³-hybridized carbons (Fsp3) is 0.105. The predicted octanol–water partition coefficient (Wildman–Crippen LogP) is 3.71. The number of benzene rings is 1. The molecule has 1 aliphatic heterocycles. The van der Waals surface area contributed by atoms with Gasteiger partial charge in [-0.3, -0.25) is 0 Å². The molecule has 1 fully saturated rings. The van der Waals surface area contributed by atoms with Crippen LogP contribution in [0.3, 0.4) is 0 Å². The van der Waals surface area contributed by atoms with Gasteiger partial charge < -0.3 is 14.5 Å². The van der Waals surface area contributed by atoms with Crippen LogP contribution >= 0.6 is 0 Å². The standard InChI is InChI=1S/C19H14N4O2/c1-2-8-15-14(7-1)22-19(25-15)21-13-6-3-5-12(11-13)18-23-17-16(24-18)9-4-10-20-17/h1-7,9-11,15H,8H2,(H,21,22). The summed E-state index contributed by atoms with van der Waals surface area (Å²) in [6, 6.07) is 11.9. The molecule has 0 bridgehead atoms. The molecule has 0 saturated carbocycles. The Bertz CT molecular complexity index is 1020. The van der Waals surface area contributed by atoms with E-state index in [-0.39, 0.29) is 6.10 Å². The maximum atomic E-state index is 5.83. The van der Waals surface area contributed by atoms with Crippen LogP contribution in [-0.2, 0) is 4.74 Å². The van der Waals surface area contributed by atoms with E-state index < -0.39 is 0 Å². The van der Waals surface area contributed by atoms with Crippen LogP contribution in [0.15, 0.2) is 75.9 Å². The Morgan fingerprint density at radius 2 is 2.20 bits per heavy atom. The molecule has 1 aromatic carbocycles. The monoisotopic (exact) mass is 330 g/mol. The van der Waals surface area contributed by atoms with E-state index in [1.165, 1.54) is 0 Å². The van der Waals surface area contributed by atoms with E-state index in [1.807, 2.05) is 48.6 Å². The van der Waals surface area contributed by atoms with E-state index in [4.69, 9.17) is 9.15 Å². The molecule has 6 heteroatoms. The molecule has 5 rings (SSSR count). The number of nitrogens with one attached hydrogen (secondary N) is 1. The van der Waals surface area contributed by atoms with Gasteiger partial charge in [0.1, 0.15) is 6.10 Å². The van der Waals surface area contributed by atoms with Crippen molar-refractivity contribution in [2.45, 2.75) is 12.5 Å². The van der Waals surface area contributed by atoms with Gasteiger partial charge in [-0.1, -0.05) is 18.2 Å². The number of ether oxygens (including phenoxy) is 1. The van der Waals surface area contributed by atoms with Crippen molar-refractivity contribution in [1.29, 1.82) is 0 Å². The van der Waals surface area contributed by atoms with Crippen molar-refractivity contribution in [1.82, 2.24) is 15.3 Å². The van der Waals surface area contributed by atoms with Crippen LogP contribution in [0.5, 0.6) is 0 Å². The lowest BCUT2D eigenvalue weighted by atomic mass is 10.1. The van der Waals surface area contributed by atoms with E-state index >= 15 is 0 Å². The summed E-state index contributed by atoms with van der Waals surface area (Å²) in [6.07, 6.45) is 8.71. The number of hydrogen-bond donors (Lipinski definition) is 1. The average molecular weight is 330 g/mol. The van der Waals surface area contributed by atoms with Crippen molar-refractivity contribution in [3.05, 3.63) is 66.5 Å². The van der Waals surface area contributed by atoms with Crippen LogP contribution in [0, 0.1) is 0 Å². The summed E-state index contributed by atoms with van der Waals surface area (Å²) in [5, 5.41) is 3.21. The van der Waals surface area contributed by atoms with Gasteiger partial charge in [0.25, 0.3) is 6.02 Å². The fourth-order valence-electron chi connectivity index (χ4n) is 2.90. The molecule has 3 aromatic rings. The summed E-state index contributed by atoms with van der Waals surface area (Å²) in [7, 11) is 0. The van der Waals surface area contributed by atoms with Crippen LogP contribution in [0.2, 0.25) is 0 Å². The number of nitrogens with zero attached hydrogens (tertiary/aromatic N) is 3. The lowest BCUT2D eigenvalue weighted by Crippen LogP contribution is -2.14. The Hall–Kier alpha value is -3.41. The van der Waals surface area contributed by atoms with Crippen molar-refractivity contribution in [3.8, 4) is 11.5 Å². The number of allylic oxidation sites excluding steroid dienone is 2. The molecule has 0 spiro atoms. The first-order valence-corrected chi connectivity index (χ1v) is 8.06. The quantitative estimate of drug-likeness (QED) is 0.775. The second-order valence-electron chi connectivity index (χ2n) is 5.83. The van der Waals surface area contributed by atoms with Crippen molar-refractivity contribution in [2.75, 3.05) is 0 Å².